The molecule has 4 heavy (non-hydrogen) atoms. The molecule has 0 saturated carbocycles. The van der Waals surface area contributed by atoms with E-state index in [1.807, 2.05) is 0 Å². The molecule has 0 aliphatic heterocycles. The van der Waals surface area contributed by atoms with Crippen molar-refractivity contribution in [3.63, 3.8) is 0 Å². The lowest BCUT2D eigenvalue weighted by Crippen LogP contribution is -1.84. The Labute approximate surface area is 24.1 Å². The van der Waals surface area contributed by atoms with E-state index in [1.54, 1.807) is 0 Å². The molecule has 0 bridgehead atoms. The first-order valence-corrected chi connectivity index (χ1v) is 0.760. The quantitative estimate of drug-likeness (QED) is 0.244. The van der Waals surface area contributed by atoms with Crippen molar-refractivity contribution < 1.29 is 15.1 Å². The van der Waals surface area contributed by atoms with Crippen LogP contribution in [0.4, 0.5) is 0 Å². The molecular formula is H2BO3. The molecule has 3 nitrogen and oxygen atoms in total. The van der Waals surface area contributed by atoms with Crippen LogP contribution in [0, 0.1) is 0 Å². The zero-order chi connectivity index (χ0) is 3.41. The molecular weight excluding hydrogens is 58.8 g/mol. The van der Waals surface area contributed by atoms with Crippen molar-refractivity contribution in [3.05, 3.63) is 0 Å². The lowest BCUT2D eigenvalue weighted by Gasteiger charge is -1.67. The van der Waals surface area contributed by atoms with Crippen LogP contribution in [0.2, 0.25) is 0 Å². The summed E-state index contributed by atoms with van der Waals surface area (Å²) in [6.45, 7) is 0. The lowest BCUT2D eigenvalue weighted by atomic mass is 10.4. The van der Waals surface area contributed by atoms with Crippen LogP contribution < -0.4 is 0 Å². The first-order chi connectivity index (χ1) is 1.91. The van der Waals surface area contributed by atoms with Crippen LogP contribution in [0.1, 0.15) is 0 Å². The highest BCUT2D eigenvalue weighted by Crippen LogP contribution is 1.41. The summed E-state index contributed by atoms with van der Waals surface area (Å²) in [6.07, 6.45) is 0. The Morgan fingerprint density at radius 2 is 2.25 bits per heavy atom. The zero-order valence-corrected chi connectivity index (χ0v) is 1.97. The molecule has 0 saturated heterocycles. The Bertz CT molecular complexity index is 5.25. The summed E-state index contributed by atoms with van der Waals surface area (Å²) >= 11 is 0. The van der Waals surface area contributed by atoms with Gasteiger partial charge in [-0.25, -0.2) is 0 Å². The van der Waals surface area contributed by atoms with Gasteiger partial charge < -0.3 is 0 Å². The number of hydrogen-bond acceptors (Lipinski definition) is 2. The van der Waals surface area contributed by atoms with Gasteiger partial charge in [-0.05, 0) is 0 Å². The van der Waals surface area contributed by atoms with Gasteiger partial charge in [0.1, 0.15) is 0 Å². The van der Waals surface area contributed by atoms with E-state index < -0.39 is 7.69 Å². The largest absolute Gasteiger partial charge is 0.503 e. The molecule has 1 radical (unpaired) electrons. The minimum Gasteiger partial charge on any atom is -0.278 e. The first-order valence-electron chi connectivity index (χ1n) is 0.760. The topological polar surface area (TPSA) is 49.4 Å². The molecule has 0 amide bonds. The summed E-state index contributed by atoms with van der Waals surface area (Å²) in [7, 11) is -0.875. The molecule has 0 aliphatic carbocycles. The van der Waals surface area contributed by atoms with Crippen molar-refractivity contribution in [3.8, 4) is 0 Å². The second kappa shape index (κ2) is 2.94. The Morgan fingerprint density at radius 1 is 2.00 bits per heavy atom. The molecule has 0 unspecified atom stereocenters. The van der Waals surface area contributed by atoms with Crippen molar-refractivity contribution in [2.24, 2.45) is 0 Å². The predicted octanol–water partition coefficient (Wildman–Crippen LogP) is -0.827. The van der Waals surface area contributed by atoms with Crippen molar-refractivity contribution in [2.45, 2.75) is 0 Å². The zero-order valence-electron chi connectivity index (χ0n) is 1.97. The van der Waals surface area contributed by atoms with E-state index in [9.17, 15) is 0 Å². The van der Waals surface area contributed by atoms with Gasteiger partial charge >= 0.3 is 7.69 Å². The number of hydrogen-bond donors (Lipinski definition) is 1. The molecule has 0 fully saturated rings. The van der Waals surface area contributed by atoms with Gasteiger partial charge in [-0.15, -0.1) is 0 Å². The Kier molecular flexibility index (Phi) is 2.90. The maximum absolute atomic E-state index is 8.83. The summed E-state index contributed by atoms with van der Waals surface area (Å²) in [6, 6.07) is 0. The van der Waals surface area contributed by atoms with Crippen molar-refractivity contribution in [1.82, 2.24) is 0 Å². The highest BCUT2D eigenvalue weighted by atomic mass is 17.1. The molecule has 0 spiro atoms. The van der Waals surface area contributed by atoms with Crippen LogP contribution in [0.3, 0.4) is 0 Å². The van der Waals surface area contributed by atoms with E-state index in [2.05, 4.69) is 4.81 Å². The second-order valence-corrected chi connectivity index (χ2v) is 0.247. The van der Waals surface area contributed by atoms with Gasteiger partial charge in [0, 0.05) is 0 Å². The maximum Gasteiger partial charge on any atom is 0.503 e. The van der Waals surface area contributed by atoms with Crippen LogP contribution in [-0.2, 0) is 9.83 Å². The van der Waals surface area contributed by atoms with E-state index in [-0.39, 0.29) is 0 Å². The van der Waals surface area contributed by atoms with E-state index >= 15 is 0 Å². The normalized spacial score (nSPS) is 6.50. The highest BCUT2D eigenvalue weighted by molar-refractivity contribution is 6.14. The van der Waals surface area contributed by atoms with Crippen LogP contribution in [0.15, 0.2) is 0 Å². The van der Waals surface area contributed by atoms with Crippen LogP contribution in [0.25, 0.3) is 0 Å². The minimum atomic E-state index is -0.875. The van der Waals surface area contributed by atoms with Crippen molar-refractivity contribution in [1.29, 1.82) is 0 Å². The third-order valence-electron chi connectivity index (χ3n) is 0.0527. The molecule has 0 aromatic rings. The monoisotopic (exact) mass is 61.0 g/mol. The number of rotatable bonds is 1. The van der Waals surface area contributed by atoms with E-state index in [1.165, 1.54) is 0 Å². The molecule has 23 valence electrons. The Morgan fingerprint density at radius 3 is 2.25 bits per heavy atom. The molecule has 0 aromatic heterocycles. The van der Waals surface area contributed by atoms with Gasteiger partial charge in [0.2, 0.25) is 0 Å². The average molecular weight is 60.8 g/mol. The first kappa shape index (κ1) is 3.94. The molecule has 0 heterocycles. The van der Waals surface area contributed by atoms with Gasteiger partial charge in [0.15, 0.2) is 0 Å². The SMILES string of the molecule is [O]BOO. The molecule has 1 N–H and O–H groups in total. The predicted molar refractivity (Wildman–Crippen MR) is 11.5 cm³/mol. The molecule has 0 atom stereocenters. The van der Waals surface area contributed by atoms with E-state index in [0.29, 0.717) is 0 Å². The average Bonchev–Trinajstić information content (AvgIpc) is 1.37. The third-order valence-corrected chi connectivity index (χ3v) is 0.0527. The lowest BCUT2D eigenvalue weighted by molar-refractivity contribution is -0.152. The summed E-state index contributed by atoms with van der Waals surface area (Å²) in [5.74, 6) is 0. The highest BCUT2D eigenvalue weighted by Gasteiger charge is 1.70. The summed E-state index contributed by atoms with van der Waals surface area (Å²) in [4.78, 5) is 2.99. The Hall–Kier alpha value is -0.0551. The van der Waals surface area contributed by atoms with Crippen LogP contribution in [-0.4, -0.2) is 12.9 Å². The molecule has 0 aromatic carbocycles. The molecule has 0 rings (SSSR count). The van der Waals surface area contributed by atoms with Crippen LogP contribution >= 0.6 is 0 Å². The van der Waals surface area contributed by atoms with Gasteiger partial charge in [-0.1, -0.05) is 0 Å². The van der Waals surface area contributed by atoms with E-state index in [4.69, 9.17) is 10.3 Å². The second-order valence-electron chi connectivity index (χ2n) is 0.247. The Balaban J connectivity index is 1.97. The fourth-order valence-corrected chi connectivity index (χ4v) is 0. The standard InChI is InChI=1S/BH2O3/c2-1-4-3/h1,3H. The molecule has 0 aliphatic rings. The summed E-state index contributed by atoms with van der Waals surface area (Å²) in [5, 5.41) is 15.9. The van der Waals surface area contributed by atoms with Gasteiger partial charge in [0.25, 0.3) is 0 Å². The minimum absolute atomic E-state index is 0.875. The van der Waals surface area contributed by atoms with Crippen molar-refractivity contribution in [2.75, 3.05) is 0 Å². The van der Waals surface area contributed by atoms with Gasteiger partial charge in [-0.3, -0.25) is 15.1 Å². The van der Waals surface area contributed by atoms with Gasteiger partial charge in [-0.2, -0.15) is 0 Å². The van der Waals surface area contributed by atoms with E-state index in [0.717, 1.165) is 0 Å². The van der Waals surface area contributed by atoms with Crippen molar-refractivity contribution >= 4 is 7.69 Å². The molecule has 4 heteroatoms. The fourth-order valence-electron chi connectivity index (χ4n) is 0. The fraction of sp³-hybridized carbons (Fsp3) is 0. The maximum atomic E-state index is 8.83. The summed E-state index contributed by atoms with van der Waals surface area (Å²) in [5.41, 5.74) is 0. The van der Waals surface area contributed by atoms with Crippen LogP contribution in [0.5, 0.6) is 0 Å². The summed E-state index contributed by atoms with van der Waals surface area (Å²) < 4.78 is 0. The third kappa shape index (κ3) is 1.94. The van der Waals surface area contributed by atoms with Gasteiger partial charge in [0.05, 0.1) is 0 Å². The smallest absolute Gasteiger partial charge is 0.278 e.